The fraction of sp³-hybridized carbons (Fsp3) is 0.586. The van der Waals surface area contributed by atoms with E-state index in [0.717, 1.165) is 43.0 Å². The lowest BCUT2D eigenvalue weighted by Crippen LogP contribution is -2.36. The van der Waals surface area contributed by atoms with Crippen LogP contribution in [0.2, 0.25) is 0 Å². The van der Waals surface area contributed by atoms with Gasteiger partial charge in [0.1, 0.15) is 11.9 Å². The van der Waals surface area contributed by atoms with Crippen molar-refractivity contribution in [1.29, 1.82) is 0 Å². The van der Waals surface area contributed by atoms with Crippen LogP contribution in [0, 0.1) is 11.8 Å². The monoisotopic (exact) mass is 516 g/mol. The fourth-order valence-corrected chi connectivity index (χ4v) is 6.00. The van der Waals surface area contributed by atoms with Gasteiger partial charge in [0.2, 0.25) is 0 Å². The minimum atomic E-state index is -1.40. The van der Waals surface area contributed by atoms with E-state index >= 15 is 0 Å². The molecule has 0 aliphatic carbocycles. The molecule has 36 heavy (non-hydrogen) atoms. The molecule has 1 saturated heterocycles. The smallest absolute Gasteiger partial charge is 0.152 e. The van der Waals surface area contributed by atoms with E-state index in [2.05, 4.69) is 27.7 Å². The van der Waals surface area contributed by atoms with E-state index in [1.807, 2.05) is 65.8 Å². The van der Waals surface area contributed by atoms with Gasteiger partial charge in [-0.15, -0.1) is 0 Å². The number of aliphatic hydroxyl groups excluding tert-OH is 1. The van der Waals surface area contributed by atoms with Gasteiger partial charge in [0, 0.05) is 63.1 Å². The maximum atomic E-state index is 13.7. The van der Waals surface area contributed by atoms with Gasteiger partial charge in [0.15, 0.2) is 11.0 Å². The maximum Gasteiger partial charge on any atom is 0.152 e. The molecule has 4 rings (SSSR count). The van der Waals surface area contributed by atoms with Crippen molar-refractivity contribution in [2.24, 2.45) is 11.8 Å². The first-order valence-electron chi connectivity index (χ1n) is 13.3. The van der Waals surface area contributed by atoms with Crippen molar-refractivity contribution in [2.45, 2.75) is 70.5 Å². The first-order valence-corrected chi connectivity index (χ1v) is 14.4. The average molecular weight is 517 g/mol. The van der Waals surface area contributed by atoms with Crippen molar-refractivity contribution >= 4 is 22.4 Å². The van der Waals surface area contributed by atoms with Gasteiger partial charge in [-0.2, -0.15) is 0 Å². The Morgan fingerprint density at radius 3 is 2.22 bits per heavy atom. The van der Waals surface area contributed by atoms with E-state index in [0.29, 0.717) is 35.4 Å². The molecule has 2 aromatic carbocycles. The van der Waals surface area contributed by atoms with Gasteiger partial charge < -0.3 is 19.5 Å². The number of fused-ring (bicyclic) bond motifs is 1. The Balaban J connectivity index is 0.00000115. The molecule has 7 heteroatoms. The molecule has 1 N–H and O–H groups in total. The fourth-order valence-electron chi connectivity index (χ4n) is 4.58. The Bertz CT molecular complexity index is 974. The highest BCUT2D eigenvalue weighted by molar-refractivity contribution is 7.86. The van der Waals surface area contributed by atoms with Crippen molar-refractivity contribution < 1.29 is 18.8 Å². The summed E-state index contributed by atoms with van der Waals surface area (Å²) in [6.45, 7) is 10.7. The molecule has 200 valence electrons. The van der Waals surface area contributed by atoms with Crippen molar-refractivity contribution in [2.75, 3.05) is 43.1 Å². The predicted molar refractivity (Wildman–Crippen MR) is 149 cm³/mol. The van der Waals surface area contributed by atoms with Crippen LogP contribution in [0.3, 0.4) is 0 Å². The molecule has 0 spiro atoms. The number of anilines is 2. The van der Waals surface area contributed by atoms with Gasteiger partial charge >= 0.3 is 0 Å². The zero-order valence-corrected chi connectivity index (χ0v) is 23.6. The van der Waals surface area contributed by atoms with E-state index < -0.39 is 17.1 Å². The minimum Gasteiger partial charge on any atom is -0.490 e. The standard InChI is InChI=1S/C26H36N2O4S.C3H8/c1-18(2)17-28(21-7-5-20(6-8-21)27(3)4)33(30)22-9-10-25-23(15-22)24(29)16-26(32-25)19-11-13-31-14-12-19;1-3-2/h5-10,15,18-19,24,26,29H,11-14,16-17H2,1-4H3;3H2,1-2H3. The summed E-state index contributed by atoms with van der Waals surface area (Å²) in [5.74, 6) is 1.45. The lowest BCUT2D eigenvalue weighted by molar-refractivity contribution is -0.0151. The van der Waals surface area contributed by atoms with E-state index in [4.69, 9.17) is 9.47 Å². The first-order chi connectivity index (χ1) is 17.2. The Kier molecular flexibility index (Phi) is 10.6. The molecule has 2 aliphatic heterocycles. The second kappa shape index (κ2) is 13.5. The summed E-state index contributed by atoms with van der Waals surface area (Å²) in [6.07, 6.45) is 3.13. The normalized spacial score (nSPS) is 20.6. The molecule has 2 heterocycles. The van der Waals surface area contributed by atoms with Crippen molar-refractivity contribution in [3.63, 3.8) is 0 Å². The van der Waals surface area contributed by atoms with Crippen LogP contribution >= 0.6 is 0 Å². The highest BCUT2D eigenvalue weighted by Crippen LogP contribution is 2.40. The molecule has 0 radical (unpaired) electrons. The molecule has 6 nitrogen and oxygen atoms in total. The van der Waals surface area contributed by atoms with E-state index in [1.54, 1.807) is 0 Å². The largest absolute Gasteiger partial charge is 0.490 e. The lowest BCUT2D eigenvalue weighted by atomic mass is 9.87. The SMILES string of the molecule is CC(C)CN(c1ccc(N(C)C)cc1)S(=O)c1ccc2c(c1)C(O)CC(C1CCOCC1)O2.CCC. The van der Waals surface area contributed by atoms with Crippen molar-refractivity contribution in [3.8, 4) is 5.75 Å². The van der Waals surface area contributed by atoms with Gasteiger partial charge in [-0.25, -0.2) is 4.21 Å². The van der Waals surface area contributed by atoms with Gasteiger partial charge in [0.25, 0.3) is 0 Å². The van der Waals surface area contributed by atoms with Gasteiger partial charge in [-0.05, 0) is 61.2 Å². The number of hydrogen-bond donors (Lipinski definition) is 1. The quantitative estimate of drug-likeness (QED) is 0.492. The average Bonchev–Trinajstić information content (AvgIpc) is 2.87. The third kappa shape index (κ3) is 7.24. The number of aliphatic hydroxyl groups is 1. The number of rotatable bonds is 7. The molecular weight excluding hydrogens is 472 g/mol. The molecule has 3 atom stereocenters. The van der Waals surface area contributed by atoms with E-state index in [1.165, 1.54) is 6.42 Å². The number of hydrogen-bond acceptors (Lipinski definition) is 5. The Hall–Kier alpha value is -2.09. The number of ether oxygens (including phenoxy) is 2. The summed E-state index contributed by atoms with van der Waals surface area (Å²) in [5, 5.41) is 10.9. The number of nitrogens with zero attached hydrogens (tertiary/aromatic N) is 2. The summed E-state index contributed by atoms with van der Waals surface area (Å²) in [7, 11) is 2.61. The predicted octanol–water partition coefficient (Wildman–Crippen LogP) is 5.97. The van der Waals surface area contributed by atoms with Crippen LogP contribution in [0.25, 0.3) is 0 Å². The third-order valence-electron chi connectivity index (χ3n) is 6.45. The maximum absolute atomic E-state index is 13.7. The highest BCUT2D eigenvalue weighted by Gasteiger charge is 2.34. The van der Waals surface area contributed by atoms with Crippen LogP contribution in [-0.4, -0.2) is 49.3 Å². The van der Waals surface area contributed by atoms with Crippen LogP contribution in [0.5, 0.6) is 5.75 Å². The van der Waals surface area contributed by atoms with Gasteiger partial charge in [0.05, 0.1) is 11.0 Å². The van der Waals surface area contributed by atoms with Crippen molar-refractivity contribution in [3.05, 3.63) is 48.0 Å². The Labute approximate surface area is 220 Å². The molecule has 1 fully saturated rings. The summed E-state index contributed by atoms with van der Waals surface area (Å²) in [6, 6.07) is 13.7. The van der Waals surface area contributed by atoms with Gasteiger partial charge in [-0.3, -0.25) is 4.31 Å². The topological polar surface area (TPSA) is 62.2 Å². The zero-order valence-electron chi connectivity index (χ0n) is 22.8. The van der Waals surface area contributed by atoms with Crippen molar-refractivity contribution in [1.82, 2.24) is 0 Å². The van der Waals surface area contributed by atoms with Gasteiger partial charge in [-0.1, -0.05) is 34.1 Å². The van der Waals surface area contributed by atoms with E-state index in [9.17, 15) is 9.32 Å². The molecule has 0 aromatic heterocycles. The third-order valence-corrected chi connectivity index (χ3v) is 7.87. The summed E-state index contributed by atoms with van der Waals surface area (Å²) in [5.41, 5.74) is 2.75. The van der Waals surface area contributed by atoms with E-state index in [-0.39, 0.29) is 6.10 Å². The first kappa shape index (κ1) is 28.5. The van der Waals surface area contributed by atoms with Crippen LogP contribution < -0.4 is 13.9 Å². The second-order valence-electron chi connectivity index (χ2n) is 10.4. The molecule has 3 unspecified atom stereocenters. The van der Waals surface area contributed by atoms with Crippen LogP contribution in [0.15, 0.2) is 47.4 Å². The molecule has 2 aromatic rings. The minimum absolute atomic E-state index is 0.000369. The lowest BCUT2D eigenvalue weighted by Gasteiger charge is -2.36. The second-order valence-corrected chi connectivity index (χ2v) is 11.8. The summed E-state index contributed by atoms with van der Waals surface area (Å²) < 4.78 is 27.4. The zero-order chi connectivity index (χ0) is 26.2. The molecule has 0 saturated carbocycles. The molecule has 2 aliphatic rings. The number of benzene rings is 2. The summed E-state index contributed by atoms with van der Waals surface area (Å²) in [4.78, 5) is 2.73. The molecule has 0 bridgehead atoms. The summed E-state index contributed by atoms with van der Waals surface area (Å²) >= 11 is 0. The highest BCUT2D eigenvalue weighted by atomic mass is 32.2. The Morgan fingerprint density at radius 2 is 1.64 bits per heavy atom. The molecular formula is C29H44N2O4S. The van der Waals surface area contributed by atoms with Crippen LogP contribution in [-0.2, 0) is 15.7 Å². The Morgan fingerprint density at radius 1 is 1.03 bits per heavy atom. The van der Waals surface area contributed by atoms with Crippen LogP contribution in [0.4, 0.5) is 11.4 Å². The van der Waals surface area contributed by atoms with Crippen LogP contribution in [0.1, 0.15) is 65.0 Å². The molecule has 0 amide bonds.